The van der Waals surface area contributed by atoms with Crippen LogP contribution in [0.5, 0.6) is 0 Å². The molecule has 0 aliphatic carbocycles. The van der Waals surface area contributed by atoms with Crippen LogP contribution in [0.2, 0.25) is 5.02 Å². The monoisotopic (exact) mass is 334 g/mol. The maximum Gasteiger partial charge on any atom is 0.246 e. The number of piperazine rings is 1. The maximum atomic E-state index is 12.2. The van der Waals surface area contributed by atoms with Gasteiger partial charge in [-0.05, 0) is 23.8 Å². The van der Waals surface area contributed by atoms with E-state index in [2.05, 4.69) is 0 Å². The molecule has 0 unspecified atom stereocenters. The number of amides is 2. The van der Waals surface area contributed by atoms with Crippen LogP contribution < -0.4 is 0 Å². The van der Waals surface area contributed by atoms with E-state index in [1.165, 1.54) is 0 Å². The smallest absolute Gasteiger partial charge is 0.246 e. The minimum atomic E-state index is -0.374. The summed E-state index contributed by atoms with van der Waals surface area (Å²) in [5.74, 6) is 0.115. The lowest BCUT2D eigenvalue weighted by Gasteiger charge is -2.37. The third-order valence-corrected chi connectivity index (χ3v) is 4.06. The van der Waals surface area contributed by atoms with E-state index in [1.54, 1.807) is 29.2 Å². The predicted molar refractivity (Wildman–Crippen MR) is 93.1 cm³/mol. The summed E-state index contributed by atoms with van der Waals surface area (Å²) in [5.41, 5.74) is 0.560. The average Bonchev–Trinajstić information content (AvgIpc) is 2.52. The minimum absolute atomic E-state index is 0.0252. The van der Waals surface area contributed by atoms with Crippen molar-refractivity contribution in [3.63, 3.8) is 0 Å². The topological polar surface area (TPSA) is 40.6 Å². The Morgan fingerprint density at radius 1 is 1.00 bits per heavy atom. The van der Waals surface area contributed by atoms with Crippen LogP contribution in [0.3, 0.4) is 0 Å². The zero-order chi connectivity index (χ0) is 17.0. The van der Waals surface area contributed by atoms with Crippen LogP contribution in [0, 0.1) is 5.41 Å². The molecular weight excluding hydrogens is 312 g/mol. The molecule has 0 radical (unpaired) electrons. The highest BCUT2D eigenvalue weighted by Gasteiger charge is 2.30. The van der Waals surface area contributed by atoms with Crippen LogP contribution in [0.1, 0.15) is 26.3 Å². The first-order chi connectivity index (χ1) is 10.8. The number of benzene rings is 1. The molecule has 0 spiro atoms. The van der Waals surface area contributed by atoms with E-state index in [0.29, 0.717) is 31.2 Å². The lowest BCUT2D eigenvalue weighted by molar-refractivity contribution is -0.143. The first-order valence-electron chi connectivity index (χ1n) is 7.79. The molecule has 4 nitrogen and oxygen atoms in total. The largest absolute Gasteiger partial charge is 0.339 e. The van der Waals surface area contributed by atoms with E-state index in [0.717, 1.165) is 5.56 Å². The maximum absolute atomic E-state index is 12.2. The molecule has 5 heteroatoms. The second-order valence-electron chi connectivity index (χ2n) is 6.75. The molecule has 0 atom stereocenters. The quantitative estimate of drug-likeness (QED) is 0.780. The van der Waals surface area contributed by atoms with Gasteiger partial charge in [0.2, 0.25) is 11.8 Å². The number of carbonyl (C=O) groups is 2. The van der Waals surface area contributed by atoms with E-state index in [4.69, 9.17) is 11.6 Å². The Kier molecular flexibility index (Phi) is 5.47. The van der Waals surface area contributed by atoms with E-state index < -0.39 is 0 Å². The van der Waals surface area contributed by atoms with Gasteiger partial charge in [-0.3, -0.25) is 9.59 Å². The van der Waals surface area contributed by atoms with Crippen molar-refractivity contribution >= 4 is 29.5 Å². The van der Waals surface area contributed by atoms with Gasteiger partial charge in [0.25, 0.3) is 0 Å². The van der Waals surface area contributed by atoms with Gasteiger partial charge in [0.15, 0.2) is 0 Å². The number of hydrogen-bond donors (Lipinski definition) is 0. The number of carbonyl (C=O) groups excluding carboxylic acids is 2. The summed E-state index contributed by atoms with van der Waals surface area (Å²) in [6, 6.07) is 7.32. The number of nitrogens with zero attached hydrogens (tertiary/aromatic N) is 2. The van der Waals surface area contributed by atoms with Gasteiger partial charge in [0.1, 0.15) is 0 Å². The molecule has 0 aromatic heterocycles. The van der Waals surface area contributed by atoms with E-state index in [9.17, 15) is 9.59 Å². The molecule has 0 bridgehead atoms. The SMILES string of the molecule is CC(C)(C)C(=O)N1CCN(C(=O)/C=C/c2ccc(Cl)cc2)CC1. The van der Waals surface area contributed by atoms with E-state index in [-0.39, 0.29) is 17.2 Å². The standard InChI is InChI=1S/C18H23ClN2O2/c1-18(2,3)17(23)21-12-10-20(11-13-21)16(22)9-6-14-4-7-15(19)8-5-14/h4-9H,10-13H2,1-3H3/b9-6+. The molecule has 2 rings (SSSR count). The Balaban J connectivity index is 1.88. The molecule has 124 valence electrons. The molecular formula is C18H23ClN2O2. The zero-order valence-corrected chi connectivity index (χ0v) is 14.6. The number of halogens is 1. The second kappa shape index (κ2) is 7.18. The van der Waals surface area contributed by atoms with Gasteiger partial charge >= 0.3 is 0 Å². The lowest BCUT2D eigenvalue weighted by Crippen LogP contribution is -2.52. The molecule has 1 aliphatic rings. The molecule has 23 heavy (non-hydrogen) atoms. The molecule has 1 aromatic rings. The van der Waals surface area contributed by atoms with Crippen molar-refractivity contribution in [2.45, 2.75) is 20.8 Å². The van der Waals surface area contributed by atoms with Crippen molar-refractivity contribution < 1.29 is 9.59 Å². The van der Waals surface area contributed by atoms with Crippen molar-refractivity contribution in [3.8, 4) is 0 Å². The normalized spacial score (nSPS) is 16.0. The van der Waals surface area contributed by atoms with Crippen molar-refractivity contribution in [1.82, 2.24) is 9.80 Å². The second-order valence-corrected chi connectivity index (χ2v) is 7.19. The zero-order valence-electron chi connectivity index (χ0n) is 13.9. The van der Waals surface area contributed by atoms with Gasteiger partial charge in [-0.2, -0.15) is 0 Å². The highest BCUT2D eigenvalue weighted by atomic mass is 35.5. The van der Waals surface area contributed by atoms with Crippen LogP contribution in [-0.2, 0) is 9.59 Å². The van der Waals surface area contributed by atoms with Gasteiger partial charge in [0.05, 0.1) is 0 Å². The molecule has 1 fully saturated rings. The van der Waals surface area contributed by atoms with Crippen LogP contribution in [0.25, 0.3) is 6.08 Å². The Hall–Kier alpha value is -1.81. The van der Waals surface area contributed by atoms with Crippen molar-refractivity contribution in [2.24, 2.45) is 5.41 Å². The minimum Gasteiger partial charge on any atom is -0.339 e. The Morgan fingerprint density at radius 3 is 2.04 bits per heavy atom. The van der Waals surface area contributed by atoms with Crippen molar-refractivity contribution in [2.75, 3.05) is 26.2 Å². The van der Waals surface area contributed by atoms with Gasteiger partial charge in [-0.25, -0.2) is 0 Å². The lowest BCUT2D eigenvalue weighted by atomic mass is 9.94. The van der Waals surface area contributed by atoms with Crippen LogP contribution >= 0.6 is 11.6 Å². The summed E-state index contributed by atoms with van der Waals surface area (Å²) in [7, 11) is 0. The highest BCUT2D eigenvalue weighted by molar-refractivity contribution is 6.30. The van der Waals surface area contributed by atoms with Gasteiger partial charge in [0, 0.05) is 42.7 Å². The summed E-state index contributed by atoms with van der Waals surface area (Å²) in [4.78, 5) is 28.1. The van der Waals surface area contributed by atoms with Crippen molar-refractivity contribution in [3.05, 3.63) is 40.9 Å². The predicted octanol–water partition coefficient (Wildman–Crippen LogP) is 3.07. The first-order valence-corrected chi connectivity index (χ1v) is 8.17. The summed E-state index contributed by atoms with van der Waals surface area (Å²) in [6.45, 7) is 8.09. The van der Waals surface area contributed by atoms with Crippen LogP contribution in [-0.4, -0.2) is 47.8 Å². The fourth-order valence-electron chi connectivity index (χ4n) is 2.45. The molecule has 2 amide bonds. The third-order valence-electron chi connectivity index (χ3n) is 3.81. The number of hydrogen-bond acceptors (Lipinski definition) is 2. The summed E-state index contributed by atoms with van der Waals surface area (Å²) in [5, 5.41) is 0.674. The molecule has 0 N–H and O–H groups in total. The van der Waals surface area contributed by atoms with Gasteiger partial charge < -0.3 is 9.80 Å². The van der Waals surface area contributed by atoms with E-state index >= 15 is 0 Å². The van der Waals surface area contributed by atoms with Crippen LogP contribution in [0.15, 0.2) is 30.3 Å². The molecule has 1 aliphatic heterocycles. The van der Waals surface area contributed by atoms with Crippen molar-refractivity contribution in [1.29, 1.82) is 0 Å². The molecule has 1 saturated heterocycles. The Labute approximate surface area is 142 Å². The Bertz CT molecular complexity index is 594. The first kappa shape index (κ1) is 17.5. The summed E-state index contributed by atoms with van der Waals surface area (Å²) in [6.07, 6.45) is 3.36. The highest BCUT2D eigenvalue weighted by Crippen LogP contribution is 2.18. The Morgan fingerprint density at radius 2 is 1.52 bits per heavy atom. The van der Waals surface area contributed by atoms with E-state index in [1.807, 2.05) is 37.8 Å². The number of rotatable bonds is 2. The molecule has 1 aromatic carbocycles. The summed E-state index contributed by atoms with van der Waals surface area (Å²) < 4.78 is 0. The molecule has 0 saturated carbocycles. The average molecular weight is 335 g/mol. The molecule has 1 heterocycles. The van der Waals surface area contributed by atoms with Crippen LogP contribution in [0.4, 0.5) is 0 Å². The van der Waals surface area contributed by atoms with Gasteiger partial charge in [-0.1, -0.05) is 44.5 Å². The third kappa shape index (κ3) is 4.83. The van der Waals surface area contributed by atoms with Gasteiger partial charge in [-0.15, -0.1) is 0 Å². The fourth-order valence-corrected chi connectivity index (χ4v) is 2.58. The summed E-state index contributed by atoms with van der Waals surface area (Å²) >= 11 is 5.84. The fraction of sp³-hybridized carbons (Fsp3) is 0.444.